The second-order valence-electron chi connectivity index (χ2n) is 6.49. The van der Waals surface area contributed by atoms with E-state index < -0.39 is 0 Å². The maximum atomic E-state index is 4.96. The van der Waals surface area contributed by atoms with Crippen molar-refractivity contribution in [3.05, 3.63) is 53.1 Å². The van der Waals surface area contributed by atoms with Gasteiger partial charge in [-0.15, -0.1) is 0 Å². The molecular formula is C22H27N. The van der Waals surface area contributed by atoms with E-state index in [2.05, 4.69) is 57.2 Å². The van der Waals surface area contributed by atoms with E-state index in [-0.39, 0.29) is 0 Å². The first-order valence-corrected chi connectivity index (χ1v) is 9.11. The summed E-state index contributed by atoms with van der Waals surface area (Å²) in [7, 11) is 0. The largest absolute Gasteiger partial charge is 0.248 e. The van der Waals surface area contributed by atoms with Gasteiger partial charge in [-0.3, -0.25) is 0 Å². The van der Waals surface area contributed by atoms with Gasteiger partial charge >= 0.3 is 0 Å². The Kier molecular flexibility index (Phi) is 4.95. The van der Waals surface area contributed by atoms with Crippen molar-refractivity contribution in [2.75, 3.05) is 0 Å². The summed E-state index contributed by atoms with van der Waals surface area (Å²) in [5.41, 5.74) is 6.95. The van der Waals surface area contributed by atoms with Gasteiger partial charge < -0.3 is 0 Å². The Morgan fingerprint density at radius 1 is 0.739 bits per heavy atom. The zero-order valence-electron chi connectivity index (χ0n) is 14.7. The van der Waals surface area contributed by atoms with Crippen LogP contribution in [0.4, 0.5) is 0 Å². The predicted molar refractivity (Wildman–Crippen MR) is 101 cm³/mol. The third-order valence-electron chi connectivity index (χ3n) is 4.66. The topological polar surface area (TPSA) is 12.9 Å². The monoisotopic (exact) mass is 305 g/mol. The maximum absolute atomic E-state index is 4.96. The molecule has 120 valence electrons. The van der Waals surface area contributed by atoms with E-state index in [9.17, 15) is 0 Å². The van der Waals surface area contributed by atoms with Crippen LogP contribution < -0.4 is 0 Å². The van der Waals surface area contributed by atoms with Crippen molar-refractivity contribution in [3.8, 4) is 0 Å². The summed E-state index contributed by atoms with van der Waals surface area (Å²) in [5, 5.41) is 2.62. The van der Waals surface area contributed by atoms with E-state index >= 15 is 0 Å². The van der Waals surface area contributed by atoms with E-state index in [1.165, 1.54) is 47.5 Å². The third-order valence-corrected chi connectivity index (χ3v) is 4.66. The fourth-order valence-corrected chi connectivity index (χ4v) is 3.68. The Bertz CT molecular complexity index is 817. The average molecular weight is 305 g/mol. The Hall–Kier alpha value is -1.89. The Morgan fingerprint density at radius 3 is 2.17 bits per heavy atom. The molecule has 0 spiro atoms. The Morgan fingerprint density at radius 2 is 1.43 bits per heavy atom. The average Bonchev–Trinajstić information content (AvgIpc) is 2.56. The number of pyridine rings is 1. The molecule has 0 saturated carbocycles. The van der Waals surface area contributed by atoms with Crippen molar-refractivity contribution in [3.63, 3.8) is 0 Å². The number of aryl methyl sites for hydroxylation is 2. The van der Waals surface area contributed by atoms with Crippen molar-refractivity contribution in [2.24, 2.45) is 0 Å². The summed E-state index contributed by atoms with van der Waals surface area (Å²) >= 11 is 0. The molecule has 0 fully saturated rings. The normalized spacial score (nSPS) is 11.4. The van der Waals surface area contributed by atoms with Crippen molar-refractivity contribution in [1.82, 2.24) is 4.98 Å². The molecule has 0 aliphatic carbocycles. The molecule has 3 rings (SSSR count). The number of para-hydroxylation sites is 1. The van der Waals surface area contributed by atoms with Crippen LogP contribution in [-0.2, 0) is 19.3 Å². The molecule has 0 aliphatic rings. The van der Waals surface area contributed by atoms with Crippen molar-refractivity contribution in [1.29, 1.82) is 0 Å². The highest BCUT2D eigenvalue weighted by atomic mass is 14.7. The molecule has 0 radical (unpaired) electrons. The van der Waals surface area contributed by atoms with Crippen LogP contribution in [0.5, 0.6) is 0 Å². The lowest BCUT2D eigenvalue weighted by atomic mass is 9.88. The first-order valence-electron chi connectivity index (χ1n) is 9.11. The summed E-state index contributed by atoms with van der Waals surface area (Å²) < 4.78 is 0. The van der Waals surface area contributed by atoms with E-state index in [0.717, 1.165) is 18.4 Å². The molecule has 0 atom stereocenters. The highest BCUT2D eigenvalue weighted by Crippen LogP contribution is 2.30. The van der Waals surface area contributed by atoms with Crippen LogP contribution in [0.15, 0.2) is 36.4 Å². The first-order chi connectivity index (χ1) is 11.3. The number of fused-ring (bicyclic) bond motifs is 2. The van der Waals surface area contributed by atoms with Gasteiger partial charge in [0.2, 0.25) is 0 Å². The van der Waals surface area contributed by atoms with Gasteiger partial charge in [0.15, 0.2) is 0 Å². The maximum Gasteiger partial charge on any atom is 0.0715 e. The lowest BCUT2D eigenvalue weighted by Gasteiger charge is -2.17. The summed E-state index contributed by atoms with van der Waals surface area (Å²) in [6, 6.07) is 13.2. The minimum absolute atomic E-state index is 1.10. The van der Waals surface area contributed by atoms with Crippen LogP contribution in [-0.4, -0.2) is 4.98 Å². The molecule has 0 aliphatic heterocycles. The second-order valence-corrected chi connectivity index (χ2v) is 6.49. The van der Waals surface area contributed by atoms with Crippen LogP contribution >= 0.6 is 0 Å². The van der Waals surface area contributed by atoms with E-state index in [4.69, 9.17) is 4.98 Å². The van der Waals surface area contributed by atoms with Crippen molar-refractivity contribution in [2.45, 2.75) is 59.3 Å². The predicted octanol–water partition coefficient (Wildman–Crippen LogP) is 6.25. The van der Waals surface area contributed by atoms with E-state index in [0.29, 0.717) is 0 Å². The van der Waals surface area contributed by atoms with E-state index in [1.807, 2.05) is 0 Å². The van der Waals surface area contributed by atoms with Crippen LogP contribution in [0.2, 0.25) is 0 Å². The highest BCUT2D eigenvalue weighted by Gasteiger charge is 2.13. The zero-order chi connectivity index (χ0) is 16.2. The molecule has 2 aromatic carbocycles. The summed E-state index contributed by atoms with van der Waals surface area (Å²) in [4.78, 5) is 4.96. The standard InChI is InChI=1S/C22H27N/c1-4-9-16-15-22-20(19(11-6-3)18(16)10-5-2)14-17-12-7-8-13-21(17)23-22/h7-8,12-15H,4-6,9-11H2,1-3H3. The summed E-state index contributed by atoms with van der Waals surface area (Å²) in [6.45, 7) is 6.84. The van der Waals surface area contributed by atoms with Crippen LogP contribution in [0.1, 0.15) is 56.7 Å². The molecule has 0 amide bonds. The van der Waals surface area contributed by atoms with Crippen LogP contribution in [0.3, 0.4) is 0 Å². The molecule has 3 aromatic rings. The lowest BCUT2D eigenvalue weighted by molar-refractivity contribution is 0.831. The van der Waals surface area contributed by atoms with Gasteiger partial charge in [-0.1, -0.05) is 58.2 Å². The Balaban J connectivity index is 2.34. The molecule has 0 bridgehead atoms. The zero-order valence-corrected chi connectivity index (χ0v) is 14.7. The molecule has 23 heavy (non-hydrogen) atoms. The van der Waals surface area contributed by atoms with Crippen LogP contribution in [0, 0.1) is 0 Å². The lowest BCUT2D eigenvalue weighted by Crippen LogP contribution is -2.03. The number of hydrogen-bond acceptors (Lipinski definition) is 1. The van der Waals surface area contributed by atoms with Gasteiger partial charge in [-0.05, 0) is 54.2 Å². The molecule has 0 unspecified atom stereocenters. The SMILES string of the molecule is CCCc1cc2nc3ccccc3cc2c(CCC)c1CCC. The van der Waals surface area contributed by atoms with Crippen molar-refractivity contribution >= 4 is 21.8 Å². The quantitative estimate of drug-likeness (QED) is 0.491. The van der Waals surface area contributed by atoms with Gasteiger partial charge in [0.05, 0.1) is 11.0 Å². The van der Waals surface area contributed by atoms with Gasteiger partial charge in [-0.25, -0.2) is 4.98 Å². The fraction of sp³-hybridized carbons (Fsp3) is 0.409. The number of hydrogen-bond donors (Lipinski definition) is 0. The molecule has 1 heterocycles. The van der Waals surface area contributed by atoms with E-state index in [1.54, 1.807) is 11.1 Å². The summed E-state index contributed by atoms with van der Waals surface area (Å²) in [5.74, 6) is 0. The molecule has 1 nitrogen and oxygen atoms in total. The summed E-state index contributed by atoms with van der Waals surface area (Å²) in [6.07, 6.45) is 7.10. The molecule has 1 heteroatoms. The van der Waals surface area contributed by atoms with Gasteiger partial charge in [0.1, 0.15) is 0 Å². The number of benzene rings is 2. The first kappa shape index (κ1) is 16.0. The minimum Gasteiger partial charge on any atom is -0.248 e. The molecule has 1 aromatic heterocycles. The third kappa shape index (κ3) is 3.10. The Labute approximate surface area is 139 Å². The number of nitrogens with zero attached hydrogens (tertiary/aromatic N) is 1. The van der Waals surface area contributed by atoms with Crippen LogP contribution in [0.25, 0.3) is 21.8 Å². The smallest absolute Gasteiger partial charge is 0.0715 e. The second kappa shape index (κ2) is 7.12. The van der Waals surface area contributed by atoms with Gasteiger partial charge in [0, 0.05) is 10.8 Å². The fourth-order valence-electron chi connectivity index (χ4n) is 3.68. The van der Waals surface area contributed by atoms with Gasteiger partial charge in [-0.2, -0.15) is 0 Å². The number of aromatic nitrogens is 1. The van der Waals surface area contributed by atoms with Crippen molar-refractivity contribution < 1.29 is 0 Å². The number of rotatable bonds is 6. The van der Waals surface area contributed by atoms with Gasteiger partial charge in [0.25, 0.3) is 0 Å². The molecular weight excluding hydrogens is 278 g/mol. The molecule has 0 saturated heterocycles. The highest BCUT2D eigenvalue weighted by molar-refractivity contribution is 5.95. The minimum atomic E-state index is 1.10. The molecule has 0 N–H and O–H groups in total.